The highest BCUT2D eigenvalue weighted by Gasteiger charge is 2.15. The minimum Gasteiger partial charge on any atom is -0.453 e. The fraction of sp³-hybridized carbons (Fsp3) is 0.615. The maximum Gasteiger partial charge on any atom is 0.317 e. The molecule has 0 unspecified atom stereocenters. The smallest absolute Gasteiger partial charge is 0.317 e. The molecule has 1 amide bonds. The topological polar surface area (TPSA) is 64.1 Å². The summed E-state index contributed by atoms with van der Waals surface area (Å²) in [6.07, 6.45) is 7.45. The molecule has 2 rings (SSSR count). The Morgan fingerprint density at radius 1 is 1.44 bits per heavy atom. The zero-order valence-electron chi connectivity index (χ0n) is 10.7. The number of ether oxygens (including phenoxy) is 1. The summed E-state index contributed by atoms with van der Waals surface area (Å²) in [5.41, 5.74) is 0.827. The summed E-state index contributed by atoms with van der Waals surface area (Å²) in [5.74, 6) is -0.0907. The summed E-state index contributed by atoms with van der Waals surface area (Å²) < 4.78 is 5.26. The van der Waals surface area contributed by atoms with Crippen LogP contribution in [-0.2, 0) is 4.79 Å². The van der Waals surface area contributed by atoms with Crippen LogP contribution in [0.1, 0.15) is 37.8 Å². The first kappa shape index (κ1) is 12.8. The van der Waals surface area contributed by atoms with Gasteiger partial charge in [0.05, 0.1) is 0 Å². The number of aryl methyl sites for hydroxylation is 1. The number of nitrogens with one attached hydrogen (secondary N) is 1. The Hall–Kier alpha value is -1.65. The highest BCUT2D eigenvalue weighted by molar-refractivity contribution is 5.77. The fourth-order valence-corrected chi connectivity index (χ4v) is 2.14. The van der Waals surface area contributed by atoms with Gasteiger partial charge in [0.1, 0.15) is 0 Å². The van der Waals surface area contributed by atoms with Gasteiger partial charge in [-0.3, -0.25) is 4.79 Å². The summed E-state index contributed by atoms with van der Waals surface area (Å²) in [4.78, 5) is 19.7. The minimum absolute atomic E-state index is 0.0139. The molecular weight excluding hydrogens is 230 g/mol. The Kier molecular flexibility index (Phi) is 4.50. The van der Waals surface area contributed by atoms with E-state index in [1.807, 2.05) is 6.92 Å². The van der Waals surface area contributed by atoms with Gasteiger partial charge in [-0.1, -0.05) is 19.3 Å². The Bertz CT molecular complexity index is 403. The number of nitrogens with zero attached hydrogens (tertiary/aromatic N) is 2. The van der Waals surface area contributed by atoms with Crippen molar-refractivity contribution in [1.29, 1.82) is 0 Å². The lowest BCUT2D eigenvalue weighted by atomic mass is 9.95. The molecule has 0 radical (unpaired) electrons. The Balaban J connectivity index is 1.74. The van der Waals surface area contributed by atoms with Gasteiger partial charge >= 0.3 is 6.01 Å². The Labute approximate surface area is 107 Å². The number of rotatable bonds is 4. The van der Waals surface area contributed by atoms with Crippen molar-refractivity contribution in [2.24, 2.45) is 0 Å². The van der Waals surface area contributed by atoms with E-state index in [0.717, 1.165) is 18.5 Å². The molecule has 0 aliphatic heterocycles. The van der Waals surface area contributed by atoms with Crippen LogP contribution < -0.4 is 10.1 Å². The molecule has 1 aromatic rings. The molecule has 1 fully saturated rings. The van der Waals surface area contributed by atoms with Gasteiger partial charge in [-0.2, -0.15) is 0 Å². The van der Waals surface area contributed by atoms with Crippen molar-refractivity contribution in [1.82, 2.24) is 15.3 Å². The summed E-state index contributed by atoms with van der Waals surface area (Å²) >= 11 is 0. The summed E-state index contributed by atoms with van der Waals surface area (Å²) in [5, 5.41) is 2.98. The van der Waals surface area contributed by atoms with Crippen molar-refractivity contribution in [2.75, 3.05) is 6.61 Å². The number of hydrogen-bond donors (Lipinski definition) is 1. The Morgan fingerprint density at radius 3 is 2.94 bits per heavy atom. The van der Waals surface area contributed by atoms with Crippen LogP contribution in [0.5, 0.6) is 6.01 Å². The maximum atomic E-state index is 11.7. The predicted octanol–water partition coefficient (Wildman–Crippen LogP) is 1.61. The third-order valence-corrected chi connectivity index (χ3v) is 3.08. The minimum atomic E-state index is -0.0907. The van der Waals surface area contributed by atoms with Crippen molar-refractivity contribution < 1.29 is 9.53 Å². The van der Waals surface area contributed by atoms with Crippen LogP contribution in [0.3, 0.4) is 0 Å². The van der Waals surface area contributed by atoms with Crippen LogP contribution in [0, 0.1) is 6.92 Å². The van der Waals surface area contributed by atoms with Crippen LogP contribution in [0.25, 0.3) is 0 Å². The van der Waals surface area contributed by atoms with Crippen molar-refractivity contribution >= 4 is 5.91 Å². The predicted molar refractivity (Wildman–Crippen MR) is 67.3 cm³/mol. The molecule has 98 valence electrons. The molecule has 1 heterocycles. The molecule has 1 saturated carbocycles. The number of carbonyl (C=O) groups is 1. The van der Waals surface area contributed by atoms with Crippen molar-refractivity contribution in [3.63, 3.8) is 0 Å². The van der Waals surface area contributed by atoms with E-state index in [1.165, 1.54) is 19.3 Å². The fourth-order valence-electron chi connectivity index (χ4n) is 2.14. The molecule has 0 atom stereocenters. The first-order valence-corrected chi connectivity index (χ1v) is 6.46. The van der Waals surface area contributed by atoms with Gasteiger partial charge in [0, 0.05) is 17.9 Å². The van der Waals surface area contributed by atoms with E-state index in [4.69, 9.17) is 4.74 Å². The molecule has 5 nitrogen and oxygen atoms in total. The average Bonchev–Trinajstić information content (AvgIpc) is 2.38. The van der Waals surface area contributed by atoms with Crippen molar-refractivity contribution in [2.45, 2.75) is 45.1 Å². The molecule has 1 N–H and O–H groups in total. The van der Waals surface area contributed by atoms with Gasteiger partial charge in [-0.25, -0.2) is 9.97 Å². The quantitative estimate of drug-likeness (QED) is 0.880. The zero-order valence-corrected chi connectivity index (χ0v) is 10.7. The highest BCUT2D eigenvalue weighted by atomic mass is 16.5. The van der Waals surface area contributed by atoms with E-state index >= 15 is 0 Å². The third-order valence-electron chi connectivity index (χ3n) is 3.08. The van der Waals surface area contributed by atoms with Gasteiger partial charge in [0.15, 0.2) is 6.61 Å². The lowest BCUT2D eigenvalue weighted by molar-refractivity contribution is -0.124. The normalized spacial score (nSPS) is 16.3. The standard InChI is InChI=1S/C13H19N3O2/c1-10-7-8-14-13(15-10)18-9-12(17)16-11-5-3-2-4-6-11/h7-8,11H,2-6,9H2,1H3,(H,16,17). The van der Waals surface area contributed by atoms with Gasteiger partial charge < -0.3 is 10.1 Å². The second kappa shape index (κ2) is 6.33. The van der Waals surface area contributed by atoms with Crippen LogP contribution in [0.4, 0.5) is 0 Å². The Morgan fingerprint density at radius 2 is 2.22 bits per heavy atom. The molecule has 0 saturated heterocycles. The molecule has 0 bridgehead atoms. The molecule has 1 aliphatic carbocycles. The van der Waals surface area contributed by atoms with Crippen LogP contribution in [0.2, 0.25) is 0 Å². The van der Waals surface area contributed by atoms with E-state index in [-0.39, 0.29) is 18.5 Å². The SMILES string of the molecule is Cc1ccnc(OCC(=O)NC2CCCCC2)n1. The summed E-state index contributed by atoms with van der Waals surface area (Å²) in [6, 6.07) is 2.36. The largest absolute Gasteiger partial charge is 0.453 e. The monoisotopic (exact) mass is 249 g/mol. The average molecular weight is 249 g/mol. The first-order chi connectivity index (χ1) is 8.74. The molecule has 0 aromatic carbocycles. The molecule has 18 heavy (non-hydrogen) atoms. The van der Waals surface area contributed by atoms with E-state index in [0.29, 0.717) is 6.04 Å². The summed E-state index contributed by atoms with van der Waals surface area (Å²) in [6.45, 7) is 1.84. The van der Waals surface area contributed by atoms with Gasteiger partial charge in [0.25, 0.3) is 5.91 Å². The highest BCUT2D eigenvalue weighted by Crippen LogP contribution is 2.17. The van der Waals surface area contributed by atoms with E-state index in [2.05, 4.69) is 15.3 Å². The second-order valence-electron chi connectivity index (χ2n) is 4.67. The van der Waals surface area contributed by atoms with Gasteiger partial charge in [-0.15, -0.1) is 0 Å². The zero-order chi connectivity index (χ0) is 12.8. The van der Waals surface area contributed by atoms with Crippen LogP contribution in [0.15, 0.2) is 12.3 Å². The number of hydrogen-bond acceptors (Lipinski definition) is 4. The van der Waals surface area contributed by atoms with Gasteiger partial charge in [-0.05, 0) is 25.8 Å². The lowest BCUT2D eigenvalue weighted by Gasteiger charge is -2.22. The molecule has 1 aromatic heterocycles. The van der Waals surface area contributed by atoms with Crippen molar-refractivity contribution in [3.8, 4) is 6.01 Å². The third kappa shape index (κ3) is 3.98. The molecule has 1 aliphatic rings. The van der Waals surface area contributed by atoms with E-state index < -0.39 is 0 Å². The van der Waals surface area contributed by atoms with Gasteiger partial charge in [0.2, 0.25) is 0 Å². The summed E-state index contributed by atoms with van der Waals surface area (Å²) in [7, 11) is 0. The number of amides is 1. The van der Waals surface area contributed by atoms with E-state index in [9.17, 15) is 4.79 Å². The maximum absolute atomic E-state index is 11.7. The second-order valence-corrected chi connectivity index (χ2v) is 4.67. The lowest BCUT2D eigenvalue weighted by Crippen LogP contribution is -2.39. The first-order valence-electron chi connectivity index (χ1n) is 6.46. The molecule has 5 heteroatoms. The van der Waals surface area contributed by atoms with Crippen LogP contribution >= 0.6 is 0 Å². The van der Waals surface area contributed by atoms with Crippen molar-refractivity contribution in [3.05, 3.63) is 18.0 Å². The number of carbonyl (C=O) groups excluding carboxylic acids is 1. The molecular formula is C13H19N3O2. The van der Waals surface area contributed by atoms with E-state index in [1.54, 1.807) is 12.3 Å². The number of aromatic nitrogens is 2. The molecule has 0 spiro atoms. The van der Waals surface area contributed by atoms with Crippen LogP contribution in [-0.4, -0.2) is 28.5 Å².